The van der Waals surface area contributed by atoms with Crippen LogP contribution < -0.4 is 5.32 Å². The van der Waals surface area contributed by atoms with Gasteiger partial charge in [0.15, 0.2) is 0 Å². The molecule has 0 aliphatic carbocycles. The standard InChI is InChI=1S/C14H11FN4O3S2/c1-2-24(21,22)14-19-18-13(23-14)17-12(20)10(8-16)7-9-3-5-11(15)6-4-9/h3-7H,2H2,1H3,(H,17,18,20)/b10-7-. The normalized spacial score (nSPS) is 11.8. The fourth-order valence-electron chi connectivity index (χ4n) is 1.55. The van der Waals surface area contributed by atoms with E-state index in [2.05, 4.69) is 15.5 Å². The third kappa shape index (κ3) is 4.21. The summed E-state index contributed by atoms with van der Waals surface area (Å²) in [5.41, 5.74) is 0.228. The Morgan fingerprint density at radius 1 is 1.38 bits per heavy atom. The predicted octanol–water partition coefficient (Wildman–Crippen LogP) is 2.02. The van der Waals surface area contributed by atoms with Crippen LogP contribution in [0.3, 0.4) is 0 Å². The summed E-state index contributed by atoms with van der Waals surface area (Å²) in [7, 11) is -3.51. The summed E-state index contributed by atoms with van der Waals surface area (Å²) in [6.45, 7) is 1.47. The largest absolute Gasteiger partial charge is 0.296 e. The van der Waals surface area contributed by atoms with Gasteiger partial charge in [-0.25, -0.2) is 12.8 Å². The van der Waals surface area contributed by atoms with Crippen molar-refractivity contribution in [1.29, 1.82) is 5.26 Å². The van der Waals surface area contributed by atoms with Gasteiger partial charge in [-0.05, 0) is 23.8 Å². The van der Waals surface area contributed by atoms with Gasteiger partial charge in [0.1, 0.15) is 17.5 Å². The van der Waals surface area contributed by atoms with E-state index in [0.29, 0.717) is 16.9 Å². The van der Waals surface area contributed by atoms with E-state index in [4.69, 9.17) is 5.26 Å². The minimum absolute atomic E-state index is 0.0349. The van der Waals surface area contributed by atoms with Crippen LogP contribution in [0, 0.1) is 17.1 Å². The fraction of sp³-hybridized carbons (Fsp3) is 0.143. The van der Waals surface area contributed by atoms with Crippen LogP contribution in [0.15, 0.2) is 34.2 Å². The Labute approximate surface area is 141 Å². The number of hydrogen-bond acceptors (Lipinski definition) is 7. The first-order valence-corrected chi connectivity index (χ1v) is 9.07. The second-order valence-corrected chi connectivity index (χ2v) is 7.88. The first kappa shape index (κ1) is 17.7. The number of anilines is 1. The van der Waals surface area contributed by atoms with Gasteiger partial charge in [0.2, 0.25) is 19.3 Å². The molecule has 0 unspecified atom stereocenters. The average Bonchev–Trinajstić information content (AvgIpc) is 3.03. The van der Waals surface area contributed by atoms with Crippen LogP contribution in [0.1, 0.15) is 12.5 Å². The highest BCUT2D eigenvalue weighted by molar-refractivity contribution is 7.93. The zero-order valence-electron chi connectivity index (χ0n) is 12.4. The third-order valence-corrected chi connectivity index (χ3v) is 5.84. The molecule has 0 radical (unpaired) electrons. The minimum atomic E-state index is -3.51. The second-order valence-electron chi connectivity index (χ2n) is 4.45. The van der Waals surface area contributed by atoms with Crippen LogP contribution in [-0.2, 0) is 14.6 Å². The molecule has 10 heteroatoms. The second kappa shape index (κ2) is 7.29. The van der Waals surface area contributed by atoms with E-state index in [1.807, 2.05) is 0 Å². The van der Waals surface area contributed by atoms with Crippen molar-refractivity contribution in [2.24, 2.45) is 0 Å². The van der Waals surface area contributed by atoms with Crippen molar-refractivity contribution in [3.05, 3.63) is 41.2 Å². The Hall–Kier alpha value is -2.64. The van der Waals surface area contributed by atoms with Gasteiger partial charge < -0.3 is 0 Å². The number of rotatable bonds is 5. The summed E-state index contributed by atoms with van der Waals surface area (Å²) in [5, 5.41) is 18.5. The molecule has 1 N–H and O–H groups in total. The number of amides is 1. The smallest absolute Gasteiger partial charge is 0.268 e. The lowest BCUT2D eigenvalue weighted by molar-refractivity contribution is -0.112. The molecule has 0 spiro atoms. The SMILES string of the molecule is CCS(=O)(=O)c1nnc(NC(=O)/C(C#N)=C\c2ccc(F)cc2)s1. The maximum absolute atomic E-state index is 12.9. The lowest BCUT2D eigenvalue weighted by Gasteiger charge is -1.99. The van der Waals surface area contributed by atoms with Crippen molar-refractivity contribution in [2.75, 3.05) is 11.1 Å². The van der Waals surface area contributed by atoms with E-state index >= 15 is 0 Å². The maximum atomic E-state index is 12.9. The molecule has 1 amide bonds. The highest BCUT2D eigenvalue weighted by Crippen LogP contribution is 2.21. The van der Waals surface area contributed by atoms with Crippen molar-refractivity contribution in [3.8, 4) is 6.07 Å². The Balaban J connectivity index is 2.19. The molecule has 0 saturated carbocycles. The topological polar surface area (TPSA) is 113 Å². The monoisotopic (exact) mass is 366 g/mol. The molecule has 2 aromatic rings. The van der Waals surface area contributed by atoms with E-state index in [0.717, 1.165) is 0 Å². The van der Waals surface area contributed by atoms with E-state index in [1.165, 1.54) is 37.3 Å². The van der Waals surface area contributed by atoms with Crippen LogP contribution in [0.2, 0.25) is 0 Å². The molecule has 0 atom stereocenters. The zero-order valence-corrected chi connectivity index (χ0v) is 14.0. The molecule has 124 valence electrons. The molecular weight excluding hydrogens is 355 g/mol. The van der Waals surface area contributed by atoms with Crippen molar-refractivity contribution < 1.29 is 17.6 Å². The molecule has 0 fully saturated rings. The molecule has 7 nitrogen and oxygen atoms in total. The number of aromatic nitrogens is 2. The first-order valence-electron chi connectivity index (χ1n) is 6.60. The highest BCUT2D eigenvalue weighted by Gasteiger charge is 2.19. The lowest BCUT2D eigenvalue weighted by atomic mass is 10.1. The number of benzene rings is 1. The van der Waals surface area contributed by atoms with Crippen LogP contribution in [-0.4, -0.2) is 30.3 Å². The molecule has 1 aromatic heterocycles. The van der Waals surface area contributed by atoms with Gasteiger partial charge in [-0.3, -0.25) is 10.1 Å². The van der Waals surface area contributed by atoms with Gasteiger partial charge in [0.25, 0.3) is 5.91 Å². The molecule has 2 rings (SSSR count). The van der Waals surface area contributed by atoms with Crippen LogP contribution in [0.25, 0.3) is 6.08 Å². The molecule has 1 aromatic carbocycles. The maximum Gasteiger partial charge on any atom is 0.268 e. The van der Waals surface area contributed by atoms with E-state index < -0.39 is 21.6 Å². The van der Waals surface area contributed by atoms with Gasteiger partial charge in [0.05, 0.1) is 5.75 Å². The summed E-state index contributed by atoms with van der Waals surface area (Å²) in [6, 6.07) is 6.95. The van der Waals surface area contributed by atoms with Crippen molar-refractivity contribution in [1.82, 2.24) is 10.2 Å². The highest BCUT2D eigenvalue weighted by atomic mass is 32.2. The quantitative estimate of drug-likeness (QED) is 0.492. The molecule has 0 saturated heterocycles. The predicted molar refractivity (Wildman–Crippen MR) is 86.3 cm³/mol. The Bertz CT molecular complexity index is 928. The van der Waals surface area contributed by atoms with Gasteiger partial charge >= 0.3 is 0 Å². The zero-order chi connectivity index (χ0) is 17.7. The van der Waals surface area contributed by atoms with E-state index in [1.54, 1.807) is 6.07 Å². The van der Waals surface area contributed by atoms with Gasteiger partial charge in [-0.2, -0.15) is 5.26 Å². The number of nitriles is 1. The molecule has 0 aliphatic heterocycles. The fourth-order valence-corrected chi connectivity index (χ4v) is 3.53. The van der Waals surface area contributed by atoms with Gasteiger partial charge in [-0.15, -0.1) is 10.2 Å². The van der Waals surface area contributed by atoms with Crippen LogP contribution in [0.4, 0.5) is 9.52 Å². The van der Waals surface area contributed by atoms with Crippen molar-refractivity contribution >= 4 is 38.3 Å². The summed E-state index contributed by atoms with van der Waals surface area (Å²) in [5.74, 6) is -1.34. The van der Waals surface area contributed by atoms with E-state index in [-0.39, 0.29) is 20.8 Å². The van der Waals surface area contributed by atoms with Crippen molar-refractivity contribution in [3.63, 3.8) is 0 Å². The summed E-state index contributed by atoms with van der Waals surface area (Å²) in [4.78, 5) is 12.1. The Morgan fingerprint density at radius 2 is 2.04 bits per heavy atom. The number of sulfone groups is 1. The summed E-state index contributed by atoms with van der Waals surface area (Å²) in [6.07, 6.45) is 1.28. The Kier molecular flexibility index (Phi) is 5.38. The van der Waals surface area contributed by atoms with Crippen LogP contribution in [0.5, 0.6) is 0 Å². The number of nitrogens with one attached hydrogen (secondary N) is 1. The van der Waals surface area contributed by atoms with Gasteiger partial charge in [-0.1, -0.05) is 30.4 Å². The summed E-state index contributed by atoms with van der Waals surface area (Å²) >= 11 is 0.701. The number of hydrogen-bond donors (Lipinski definition) is 1. The van der Waals surface area contributed by atoms with E-state index in [9.17, 15) is 17.6 Å². The van der Waals surface area contributed by atoms with Crippen molar-refractivity contribution in [2.45, 2.75) is 11.3 Å². The molecule has 24 heavy (non-hydrogen) atoms. The first-order chi connectivity index (χ1) is 11.4. The number of carbonyl (C=O) groups excluding carboxylic acids is 1. The third-order valence-electron chi connectivity index (χ3n) is 2.82. The van der Waals surface area contributed by atoms with Crippen LogP contribution >= 0.6 is 11.3 Å². The summed E-state index contributed by atoms with van der Waals surface area (Å²) < 4.78 is 36.0. The number of halogens is 1. The average molecular weight is 366 g/mol. The Morgan fingerprint density at radius 3 is 2.62 bits per heavy atom. The minimum Gasteiger partial charge on any atom is -0.296 e. The van der Waals surface area contributed by atoms with Gasteiger partial charge in [0, 0.05) is 0 Å². The number of carbonyl (C=O) groups is 1. The molecule has 1 heterocycles. The lowest BCUT2D eigenvalue weighted by Crippen LogP contribution is -2.13. The molecule has 0 aliphatic rings. The molecular formula is C14H11FN4O3S2. The molecule has 0 bridgehead atoms. The number of nitrogens with zero attached hydrogens (tertiary/aromatic N) is 3.